The Morgan fingerprint density at radius 3 is 2.72 bits per heavy atom. The highest BCUT2D eigenvalue weighted by Crippen LogP contribution is 2.23. The third-order valence-corrected chi connectivity index (χ3v) is 2.45. The second-order valence-corrected chi connectivity index (χ2v) is 3.65. The Kier molecular flexibility index (Phi) is 2.80. The Morgan fingerprint density at radius 1 is 1.44 bits per heavy atom. The zero-order valence-electron chi connectivity index (χ0n) is 9.40. The summed E-state index contributed by atoms with van der Waals surface area (Å²) in [6, 6.07) is 7.27. The van der Waals surface area contributed by atoms with Gasteiger partial charge in [-0.15, -0.1) is 0 Å². The van der Waals surface area contributed by atoms with E-state index >= 15 is 0 Å². The average Bonchev–Trinajstić information content (AvgIpc) is 2.71. The maximum absolute atomic E-state index is 10.9. The molecule has 1 N–H and O–H groups in total. The highest BCUT2D eigenvalue weighted by atomic mass is 16.6. The normalized spacial score (nSPS) is 10.3. The predicted octanol–water partition coefficient (Wildman–Crippen LogP) is 1.69. The van der Waals surface area contributed by atoms with Crippen LogP contribution in [0, 0.1) is 10.1 Å². The Morgan fingerprint density at radius 2 is 2.17 bits per heavy atom. The van der Waals surface area contributed by atoms with Crippen LogP contribution in [0.15, 0.2) is 30.3 Å². The molecule has 0 fully saturated rings. The third-order valence-electron chi connectivity index (χ3n) is 2.45. The molecule has 0 aliphatic heterocycles. The maximum Gasteiger partial charge on any atom is 0.354 e. The predicted molar refractivity (Wildman–Crippen MR) is 62.3 cm³/mol. The van der Waals surface area contributed by atoms with Gasteiger partial charge in [0.1, 0.15) is 5.69 Å². The Labute approximate surface area is 101 Å². The van der Waals surface area contributed by atoms with Crippen molar-refractivity contribution in [1.82, 2.24) is 9.78 Å². The van der Waals surface area contributed by atoms with E-state index in [0.717, 1.165) is 0 Å². The smallest absolute Gasteiger partial charge is 0.354 e. The molecule has 0 aliphatic carbocycles. The van der Waals surface area contributed by atoms with Crippen LogP contribution in [0.4, 0.5) is 5.69 Å². The molecule has 1 aromatic heterocycles. The summed E-state index contributed by atoms with van der Waals surface area (Å²) in [6.07, 6.45) is 0. The van der Waals surface area contributed by atoms with Gasteiger partial charge < -0.3 is 5.11 Å². The number of hydrogen-bond acceptors (Lipinski definition) is 4. The van der Waals surface area contributed by atoms with Crippen LogP contribution < -0.4 is 0 Å². The van der Waals surface area contributed by atoms with Gasteiger partial charge in [-0.3, -0.25) is 14.8 Å². The van der Waals surface area contributed by atoms with E-state index in [2.05, 4.69) is 5.10 Å². The Hall–Kier alpha value is -2.70. The van der Waals surface area contributed by atoms with Gasteiger partial charge in [0, 0.05) is 24.7 Å². The number of nitro benzene ring substituents is 1. The molecule has 92 valence electrons. The van der Waals surface area contributed by atoms with Gasteiger partial charge in [0.05, 0.1) is 10.6 Å². The van der Waals surface area contributed by atoms with E-state index < -0.39 is 10.9 Å². The molecule has 0 atom stereocenters. The monoisotopic (exact) mass is 247 g/mol. The molecule has 0 saturated carbocycles. The average molecular weight is 247 g/mol. The summed E-state index contributed by atoms with van der Waals surface area (Å²) in [6.45, 7) is 0. The van der Waals surface area contributed by atoms with Crippen LogP contribution in [0.25, 0.3) is 11.3 Å². The molecule has 0 bridgehead atoms. The minimum absolute atomic E-state index is 0.0245. The second-order valence-electron chi connectivity index (χ2n) is 3.65. The first-order valence-corrected chi connectivity index (χ1v) is 5.01. The number of aromatic carboxylic acids is 1. The van der Waals surface area contributed by atoms with Crippen LogP contribution in [0.2, 0.25) is 0 Å². The van der Waals surface area contributed by atoms with Crippen molar-refractivity contribution in [3.63, 3.8) is 0 Å². The number of nitro groups is 1. The van der Waals surface area contributed by atoms with Crippen molar-refractivity contribution in [2.45, 2.75) is 0 Å². The Bertz CT molecular complexity index is 633. The lowest BCUT2D eigenvalue weighted by Gasteiger charge is -1.96. The van der Waals surface area contributed by atoms with Gasteiger partial charge in [-0.1, -0.05) is 12.1 Å². The number of non-ortho nitro benzene ring substituents is 1. The van der Waals surface area contributed by atoms with Crippen molar-refractivity contribution in [2.24, 2.45) is 7.05 Å². The molecule has 7 heteroatoms. The number of benzene rings is 1. The molecule has 0 unspecified atom stereocenters. The maximum atomic E-state index is 10.9. The number of aromatic nitrogens is 2. The zero-order valence-corrected chi connectivity index (χ0v) is 9.40. The minimum Gasteiger partial charge on any atom is -0.477 e. The summed E-state index contributed by atoms with van der Waals surface area (Å²) < 4.78 is 1.22. The molecule has 1 heterocycles. The number of hydrogen-bond donors (Lipinski definition) is 1. The summed E-state index contributed by atoms with van der Waals surface area (Å²) in [7, 11) is 1.50. The fourth-order valence-electron chi connectivity index (χ4n) is 1.59. The molecule has 0 radical (unpaired) electrons. The first-order valence-electron chi connectivity index (χ1n) is 5.01. The van der Waals surface area contributed by atoms with Gasteiger partial charge >= 0.3 is 5.97 Å². The van der Waals surface area contributed by atoms with E-state index in [4.69, 9.17) is 5.11 Å². The molecular formula is C11H9N3O4. The van der Waals surface area contributed by atoms with E-state index in [-0.39, 0.29) is 11.4 Å². The zero-order chi connectivity index (χ0) is 13.3. The number of carboxylic acids is 1. The molecule has 0 saturated heterocycles. The fraction of sp³-hybridized carbons (Fsp3) is 0.0909. The number of aryl methyl sites for hydroxylation is 1. The van der Waals surface area contributed by atoms with Crippen molar-refractivity contribution < 1.29 is 14.8 Å². The molecule has 0 amide bonds. The molecular weight excluding hydrogens is 238 g/mol. The van der Waals surface area contributed by atoms with Crippen LogP contribution >= 0.6 is 0 Å². The van der Waals surface area contributed by atoms with Crippen molar-refractivity contribution in [3.8, 4) is 11.3 Å². The van der Waals surface area contributed by atoms with E-state index in [0.29, 0.717) is 11.3 Å². The van der Waals surface area contributed by atoms with Crippen molar-refractivity contribution >= 4 is 11.7 Å². The van der Waals surface area contributed by atoms with Gasteiger partial charge in [0.25, 0.3) is 5.69 Å². The van der Waals surface area contributed by atoms with E-state index in [1.165, 1.54) is 36.0 Å². The quantitative estimate of drug-likeness (QED) is 0.657. The van der Waals surface area contributed by atoms with E-state index in [1.807, 2.05) is 0 Å². The van der Waals surface area contributed by atoms with Crippen molar-refractivity contribution in [3.05, 3.63) is 46.1 Å². The van der Waals surface area contributed by atoms with E-state index in [1.54, 1.807) is 6.07 Å². The topological polar surface area (TPSA) is 98.3 Å². The molecule has 1 aromatic carbocycles. The highest BCUT2D eigenvalue weighted by molar-refractivity contribution is 5.87. The van der Waals surface area contributed by atoms with Crippen LogP contribution in [0.3, 0.4) is 0 Å². The van der Waals surface area contributed by atoms with Gasteiger partial charge in [0.2, 0.25) is 0 Å². The number of carbonyl (C=O) groups is 1. The SMILES string of the molecule is Cn1nc(-c2cccc([N+](=O)[O-])c2)cc1C(=O)O. The summed E-state index contributed by atoms with van der Waals surface area (Å²) in [5.41, 5.74) is 0.859. The highest BCUT2D eigenvalue weighted by Gasteiger charge is 2.14. The fourth-order valence-corrected chi connectivity index (χ4v) is 1.59. The third kappa shape index (κ3) is 2.05. The second kappa shape index (κ2) is 4.28. The summed E-state index contributed by atoms with van der Waals surface area (Å²) in [5, 5.41) is 23.6. The lowest BCUT2D eigenvalue weighted by atomic mass is 10.1. The largest absolute Gasteiger partial charge is 0.477 e. The Balaban J connectivity index is 2.49. The van der Waals surface area contributed by atoms with Crippen molar-refractivity contribution in [2.75, 3.05) is 0 Å². The summed E-state index contributed by atoms with van der Waals surface area (Å²) in [4.78, 5) is 21.0. The number of rotatable bonds is 3. The minimum atomic E-state index is -1.10. The first kappa shape index (κ1) is 11.8. The van der Waals surface area contributed by atoms with Crippen LogP contribution in [-0.4, -0.2) is 25.8 Å². The molecule has 2 rings (SSSR count). The van der Waals surface area contributed by atoms with Gasteiger partial charge in [-0.2, -0.15) is 5.10 Å². The lowest BCUT2D eigenvalue weighted by Crippen LogP contribution is -2.04. The number of nitrogens with zero attached hydrogens (tertiary/aromatic N) is 3. The standard InChI is InChI=1S/C11H9N3O4/c1-13-10(11(15)16)6-9(12-13)7-3-2-4-8(5-7)14(17)18/h2-6H,1H3,(H,15,16). The lowest BCUT2D eigenvalue weighted by molar-refractivity contribution is -0.384. The molecule has 18 heavy (non-hydrogen) atoms. The van der Waals surface area contributed by atoms with Crippen LogP contribution in [0.5, 0.6) is 0 Å². The number of carboxylic acid groups (broad SMARTS) is 1. The van der Waals surface area contributed by atoms with Gasteiger partial charge in [0.15, 0.2) is 0 Å². The van der Waals surface area contributed by atoms with Crippen LogP contribution in [0.1, 0.15) is 10.5 Å². The molecule has 7 nitrogen and oxygen atoms in total. The van der Waals surface area contributed by atoms with Gasteiger partial charge in [-0.05, 0) is 6.07 Å². The summed E-state index contributed by atoms with van der Waals surface area (Å²) >= 11 is 0. The van der Waals surface area contributed by atoms with Crippen LogP contribution in [-0.2, 0) is 7.05 Å². The summed E-state index contributed by atoms with van der Waals surface area (Å²) in [5.74, 6) is -1.10. The van der Waals surface area contributed by atoms with E-state index in [9.17, 15) is 14.9 Å². The van der Waals surface area contributed by atoms with Crippen molar-refractivity contribution in [1.29, 1.82) is 0 Å². The molecule has 0 spiro atoms. The molecule has 0 aliphatic rings. The van der Waals surface area contributed by atoms with Gasteiger partial charge in [-0.25, -0.2) is 4.79 Å². The molecule has 2 aromatic rings. The first-order chi connectivity index (χ1) is 8.49.